The van der Waals surface area contributed by atoms with Crippen molar-refractivity contribution in [2.75, 3.05) is 11.4 Å². The maximum atomic E-state index is 11.6. The van der Waals surface area contributed by atoms with E-state index in [2.05, 4.69) is 9.97 Å². The molecule has 0 saturated carbocycles. The second-order valence-corrected chi connectivity index (χ2v) is 3.57. The summed E-state index contributed by atoms with van der Waals surface area (Å²) in [6.45, 7) is 0.203. The molecule has 1 aromatic heterocycles. The Bertz CT molecular complexity index is 496. The quantitative estimate of drug-likeness (QED) is 0.641. The highest BCUT2D eigenvalue weighted by Gasteiger charge is 2.34. The highest BCUT2D eigenvalue weighted by molar-refractivity contribution is 5.99. The largest absolute Gasteiger partial charge is 0.369 e. The number of amides is 2. The molecule has 0 radical (unpaired) electrons. The van der Waals surface area contributed by atoms with Crippen molar-refractivity contribution in [3.8, 4) is 0 Å². The number of aromatic amines is 1. The fraction of sp³-hybridized carbons (Fsp3) is 0.333. The van der Waals surface area contributed by atoms with E-state index in [0.717, 1.165) is 0 Å². The first kappa shape index (κ1) is 10.3. The molecule has 2 amide bonds. The van der Waals surface area contributed by atoms with Crippen LogP contribution in [-0.2, 0) is 9.59 Å². The summed E-state index contributed by atoms with van der Waals surface area (Å²) in [5, 5.41) is 0. The molecule has 1 atom stereocenters. The van der Waals surface area contributed by atoms with Crippen LogP contribution in [0.25, 0.3) is 0 Å². The average Bonchev–Trinajstić information content (AvgIpc) is 2.60. The summed E-state index contributed by atoms with van der Waals surface area (Å²) in [4.78, 5) is 40.7. The molecule has 1 aliphatic rings. The Morgan fingerprint density at radius 2 is 2.31 bits per heavy atom. The summed E-state index contributed by atoms with van der Waals surface area (Å²) in [6.07, 6.45) is 1.39. The fourth-order valence-corrected chi connectivity index (χ4v) is 1.65. The van der Waals surface area contributed by atoms with Crippen LogP contribution >= 0.6 is 0 Å². The Hall–Kier alpha value is -2.18. The Labute approximate surface area is 90.3 Å². The van der Waals surface area contributed by atoms with Gasteiger partial charge in [0.25, 0.3) is 0 Å². The first-order chi connectivity index (χ1) is 7.58. The number of hydrogen-bond donors (Lipinski definition) is 2. The Balaban J connectivity index is 2.26. The van der Waals surface area contributed by atoms with E-state index in [-0.39, 0.29) is 18.9 Å². The number of anilines is 1. The molecule has 0 aliphatic carbocycles. The van der Waals surface area contributed by atoms with Gasteiger partial charge in [0, 0.05) is 19.2 Å². The number of H-pyrrole nitrogens is 1. The highest BCUT2D eigenvalue weighted by atomic mass is 16.2. The number of carbonyl (C=O) groups excluding carboxylic acids is 2. The summed E-state index contributed by atoms with van der Waals surface area (Å²) in [6, 6.07) is 1.50. The molecule has 0 bridgehead atoms. The summed E-state index contributed by atoms with van der Waals surface area (Å²) in [5.74, 6) is -0.893. The van der Waals surface area contributed by atoms with E-state index in [4.69, 9.17) is 5.73 Å². The Morgan fingerprint density at radius 1 is 1.56 bits per heavy atom. The lowest BCUT2D eigenvalue weighted by Crippen LogP contribution is -2.30. The van der Waals surface area contributed by atoms with E-state index in [0.29, 0.717) is 5.82 Å². The third-order valence-electron chi connectivity index (χ3n) is 2.48. The summed E-state index contributed by atoms with van der Waals surface area (Å²) < 4.78 is 0. The molecule has 7 heteroatoms. The molecule has 16 heavy (non-hydrogen) atoms. The third kappa shape index (κ3) is 1.79. The lowest BCUT2D eigenvalue weighted by molar-refractivity contribution is -0.123. The van der Waals surface area contributed by atoms with Crippen molar-refractivity contribution in [1.82, 2.24) is 9.97 Å². The Morgan fingerprint density at radius 3 is 2.88 bits per heavy atom. The van der Waals surface area contributed by atoms with Crippen LogP contribution in [0.3, 0.4) is 0 Å². The molecule has 3 N–H and O–H groups in total. The first-order valence-corrected chi connectivity index (χ1v) is 4.73. The number of rotatable bonds is 2. The summed E-state index contributed by atoms with van der Waals surface area (Å²) in [5.41, 5.74) is 4.59. The molecule has 2 rings (SSSR count). The van der Waals surface area contributed by atoms with Gasteiger partial charge < -0.3 is 5.73 Å². The second kappa shape index (κ2) is 3.76. The molecule has 0 aromatic carbocycles. The predicted molar refractivity (Wildman–Crippen MR) is 54.5 cm³/mol. The lowest BCUT2D eigenvalue weighted by atomic mass is 10.1. The third-order valence-corrected chi connectivity index (χ3v) is 2.48. The molecule has 1 aliphatic heterocycles. The Kier molecular flexibility index (Phi) is 2.43. The fourth-order valence-electron chi connectivity index (χ4n) is 1.65. The molecule has 1 aromatic rings. The van der Waals surface area contributed by atoms with Crippen LogP contribution in [0.5, 0.6) is 0 Å². The zero-order chi connectivity index (χ0) is 11.7. The van der Waals surface area contributed by atoms with Crippen molar-refractivity contribution in [2.24, 2.45) is 11.7 Å². The van der Waals surface area contributed by atoms with Crippen LogP contribution in [0.1, 0.15) is 6.42 Å². The van der Waals surface area contributed by atoms with E-state index in [1.807, 2.05) is 0 Å². The number of aromatic nitrogens is 2. The van der Waals surface area contributed by atoms with Gasteiger partial charge in [-0.3, -0.25) is 19.5 Å². The van der Waals surface area contributed by atoms with Crippen LogP contribution < -0.4 is 16.3 Å². The van der Waals surface area contributed by atoms with Gasteiger partial charge in [0.15, 0.2) is 0 Å². The summed E-state index contributed by atoms with van der Waals surface area (Å²) in [7, 11) is 0. The van der Waals surface area contributed by atoms with Crippen molar-refractivity contribution in [3.05, 3.63) is 22.7 Å². The van der Waals surface area contributed by atoms with Crippen molar-refractivity contribution >= 4 is 17.6 Å². The highest BCUT2D eigenvalue weighted by Crippen LogP contribution is 2.21. The molecular formula is C9H10N4O3. The molecule has 1 saturated heterocycles. The molecule has 0 spiro atoms. The van der Waals surface area contributed by atoms with Crippen molar-refractivity contribution in [3.63, 3.8) is 0 Å². The number of hydrogen-bond acceptors (Lipinski definition) is 4. The lowest BCUT2D eigenvalue weighted by Gasteiger charge is -2.14. The predicted octanol–water partition coefficient (Wildman–Crippen LogP) is -1.39. The van der Waals surface area contributed by atoms with Crippen LogP contribution in [0, 0.1) is 5.92 Å². The van der Waals surface area contributed by atoms with Gasteiger partial charge >= 0.3 is 5.69 Å². The van der Waals surface area contributed by atoms with E-state index < -0.39 is 17.5 Å². The smallest absolute Gasteiger partial charge is 0.346 e. The minimum atomic E-state index is -0.534. The minimum absolute atomic E-state index is 0.0830. The van der Waals surface area contributed by atoms with Crippen molar-refractivity contribution in [2.45, 2.75) is 6.42 Å². The van der Waals surface area contributed by atoms with E-state index in [9.17, 15) is 14.4 Å². The van der Waals surface area contributed by atoms with Gasteiger partial charge in [0.2, 0.25) is 11.8 Å². The topological polar surface area (TPSA) is 109 Å². The van der Waals surface area contributed by atoms with Gasteiger partial charge in [0.05, 0.1) is 5.92 Å². The van der Waals surface area contributed by atoms with Gasteiger partial charge in [-0.15, -0.1) is 0 Å². The van der Waals surface area contributed by atoms with Gasteiger partial charge in [-0.1, -0.05) is 0 Å². The van der Waals surface area contributed by atoms with Gasteiger partial charge in [-0.2, -0.15) is 0 Å². The number of nitrogens with one attached hydrogen (secondary N) is 1. The molecule has 1 unspecified atom stereocenters. The van der Waals surface area contributed by atoms with Crippen LogP contribution in [-0.4, -0.2) is 28.3 Å². The zero-order valence-electron chi connectivity index (χ0n) is 8.34. The monoisotopic (exact) mass is 222 g/mol. The maximum absolute atomic E-state index is 11.6. The van der Waals surface area contributed by atoms with Crippen LogP contribution in [0.15, 0.2) is 17.1 Å². The molecule has 1 fully saturated rings. The molecule has 84 valence electrons. The van der Waals surface area contributed by atoms with Crippen LogP contribution in [0.2, 0.25) is 0 Å². The number of nitrogens with two attached hydrogens (primary N) is 1. The zero-order valence-corrected chi connectivity index (χ0v) is 8.34. The average molecular weight is 222 g/mol. The molecule has 7 nitrogen and oxygen atoms in total. The number of primary amides is 1. The van der Waals surface area contributed by atoms with Gasteiger partial charge in [-0.25, -0.2) is 9.78 Å². The van der Waals surface area contributed by atoms with Gasteiger partial charge in [0.1, 0.15) is 5.82 Å². The SMILES string of the molecule is NC(=O)C1CC(=O)N(c2ccnc(=O)[nH]2)C1. The van der Waals surface area contributed by atoms with Gasteiger partial charge in [-0.05, 0) is 6.07 Å². The standard InChI is InChI=1S/C9H10N4O3/c10-8(15)5-3-7(14)13(4-5)6-1-2-11-9(16)12-6/h1-2,5H,3-4H2,(H2,10,15)(H,11,12,16). The molecule has 2 heterocycles. The maximum Gasteiger partial charge on any atom is 0.346 e. The van der Waals surface area contributed by atoms with E-state index >= 15 is 0 Å². The van der Waals surface area contributed by atoms with E-state index in [1.165, 1.54) is 17.2 Å². The van der Waals surface area contributed by atoms with Crippen LogP contribution in [0.4, 0.5) is 5.82 Å². The second-order valence-electron chi connectivity index (χ2n) is 3.57. The van der Waals surface area contributed by atoms with Crippen molar-refractivity contribution < 1.29 is 9.59 Å². The van der Waals surface area contributed by atoms with E-state index in [1.54, 1.807) is 0 Å². The normalized spacial score (nSPS) is 20.1. The molecular weight excluding hydrogens is 212 g/mol. The minimum Gasteiger partial charge on any atom is -0.369 e. The first-order valence-electron chi connectivity index (χ1n) is 4.73. The number of nitrogens with zero attached hydrogens (tertiary/aromatic N) is 2. The number of carbonyl (C=O) groups is 2. The summed E-state index contributed by atoms with van der Waals surface area (Å²) >= 11 is 0. The van der Waals surface area contributed by atoms with Crippen molar-refractivity contribution in [1.29, 1.82) is 0 Å².